The predicted octanol–water partition coefficient (Wildman–Crippen LogP) is 4.39. The van der Waals surface area contributed by atoms with Crippen LogP contribution in [-0.2, 0) is 14.3 Å². The van der Waals surface area contributed by atoms with Gasteiger partial charge in [0, 0.05) is 17.1 Å². The lowest BCUT2D eigenvalue weighted by Gasteiger charge is -2.24. The van der Waals surface area contributed by atoms with Gasteiger partial charge in [-0.05, 0) is 88.2 Å². The van der Waals surface area contributed by atoms with E-state index in [1.807, 2.05) is 73.9 Å². The molecule has 0 radical (unpaired) electrons. The normalized spacial score (nSPS) is 14.7. The fourth-order valence-corrected chi connectivity index (χ4v) is 6.42. The lowest BCUT2D eigenvalue weighted by atomic mass is 9.96. The fourth-order valence-electron chi connectivity index (χ4n) is 5.38. The zero-order valence-corrected chi connectivity index (χ0v) is 25.8. The molecule has 0 saturated heterocycles. The summed E-state index contributed by atoms with van der Waals surface area (Å²) < 4.78 is 20.0. The van der Waals surface area contributed by atoms with Crippen molar-refractivity contribution in [1.82, 2.24) is 9.13 Å². The van der Waals surface area contributed by atoms with Crippen molar-refractivity contribution in [3.8, 4) is 11.4 Å². The van der Waals surface area contributed by atoms with Crippen LogP contribution in [0, 0.1) is 13.8 Å². The SMILES string of the molecule is CCOC(=O)C1=C(C)N=c2sc(=Cc3cc(C)n(-c4cccc(C(=O)OC)c4)c3C)c(=O)n2C1c1ccc(OCC)cc1. The van der Waals surface area contributed by atoms with Gasteiger partial charge in [0.05, 0.1) is 47.7 Å². The van der Waals surface area contributed by atoms with E-state index in [-0.39, 0.29) is 12.2 Å². The van der Waals surface area contributed by atoms with E-state index in [2.05, 4.69) is 4.99 Å². The number of hydrogen-bond acceptors (Lipinski definition) is 8. The number of thiazole rings is 1. The van der Waals surface area contributed by atoms with Crippen LogP contribution in [0.1, 0.15) is 59.7 Å². The van der Waals surface area contributed by atoms with Crippen molar-refractivity contribution in [3.05, 3.63) is 114 Å². The summed E-state index contributed by atoms with van der Waals surface area (Å²) in [5.41, 5.74) is 5.27. The third kappa shape index (κ3) is 5.58. The first-order valence-electron chi connectivity index (χ1n) is 14.0. The van der Waals surface area contributed by atoms with Crippen LogP contribution in [0.5, 0.6) is 5.75 Å². The maximum Gasteiger partial charge on any atom is 0.338 e. The van der Waals surface area contributed by atoms with Crippen LogP contribution in [0.3, 0.4) is 0 Å². The maximum atomic E-state index is 14.1. The Kier molecular flexibility index (Phi) is 8.50. The van der Waals surface area contributed by atoms with Gasteiger partial charge in [-0.1, -0.05) is 29.5 Å². The standard InChI is InChI=1S/C33H33N3O6S/c1-7-41-26-14-12-22(13-15-26)29-28(32(39)42-8-2)20(4)34-33-36(29)30(37)27(43-33)18-24-16-19(3)35(21(24)5)25-11-9-10-23(17-25)31(38)40-6/h9-18,29H,7-8H2,1-6H3. The number of nitrogens with zero attached hydrogens (tertiary/aromatic N) is 3. The maximum absolute atomic E-state index is 14.1. The summed E-state index contributed by atoms with van der Waals surface area (Å²) in [6.07, 6.45) is 1.85. The number of carbonyl (C=O) groups is 2. The minimum Gasteiger partial charge on any atom is -0.494 e. The Morgan fingerprint density at radius 2 is 1.74 bits per heavy atom. The van der Waals surface area contributed by atoms with Crippen molar-refractivity contribution in [1.29, 1.82) is 0 Å². The monoisotopic (exact) mass is 599 g/mol. The first-order chi connectivity index (χ1) is 20.7. The highest BCUT2D eigenvalue weighted by Gasteiger charge is 2.33. The van der Waals surface area contributed by atoms with E-state index in [9.17, 15) is 14.4 Å². The van der Waals surface area contributed by atoms with Crippen LogP contribution < -0.4 is 19.6 Å². The molecular weight excluding hydrogens is 566 g/mol. The van der Waals surface area contributed by atoms with Crippen LogP contribution in [0.4, 0.5) is 0 Å². The molecule has 10 heteroatoms. The van der Waals surface area contributed by atoms with Crippen molar-refractivity contribution < 1.29 is 23.8 Å². The van der Waals surface area contributed by atoms with E-state index in [1.54, 1.807) is 30.5 Å². The van der Waals surface area contributed by atoms with Gasteiger partial charge in [0.15, 0.2) is 4.80 Å². The number of aromatic nitrogens is 2. The number of benzene rings is 2. The highest BCUT2D eigenvalue weighted by molar-refractivity contribution is 7.07. The molecule has 0 saturated carbocycles. The second-order valence-electron chi connectivity index (χ2n) is 10.0. The number of hydrogen-bond donors (Lipinski definition) is 0. The summed E-state index contributed by atoms with van der Waals surface area (Å²) in [5, 5.41) is 0. The van der Waals surface area contributed by atoms with E-state index < -0.39 is 18.0 Å². The third-order valence-corrected chi connectivity index (χ3v) is 8.29. The Balaban J connectivity index is 1.65. The van der Waals surface area contributed by atoms with Gasteiger partial charge in [0.2, 0.25) is 0 Å². The summed E-state index contributed by atoms with van der Waals surface area (Å²) >= 11 is 1.27. The lowest BCUT2D eigenvalue weighted by Crippen LogP contribution is -2.39. The summed E-state index contributed by atoms with van der Waals surface area (Å²) in [5.74, 6) is -0.218. The molecule has 0 aliphatic carbocycles. The summed E-state index contributed by atoms with van der Waals surface area (Å²) in [6.45, 7) is 10.1. The summed E-state index contributed by atoms with van der Waals surface area (Å²) in [4.78, 5) is 44.5. The minimum atomic E-state index is -0.707. The molecule has 9 nitrogen and oxygen atoms in total. The van der Waals surface area contributed by atoms with Crippen LogP contribution in [0.25, 0.3) is 11.8 Å². The molecular formula is C33H33N3O6S. The quantitative estimate of drug-likeness (QED) is 0.279. The zero-order valence-electron chi connectivity index (χ0n) is 25.0. The number of esters is 2. The Morgan fingerprint density at radius 1 is 1.00 bits per heavy atom. The smallest absolute Gasteiger partial charge is 0.338 e. The second kappa shape index (κ2) is 12.3. The molecule has 1 atom stereocenters. The number of allylic oxidation sites excluding steroid dienone is 1. The topological polar surface area (TPSA) is 101 Å². The van der Waals surface area contributed by atoms with Crippen molar-refractivity contribution in [2.45, 2.75) is 40.7 Å². The summed E-state index contributed by atoms with van der Waals surface area (Å²) in [7, 11) is 1.35. The number of ether oxygens (including phenoxy) is 3. The van der Waals surface area contributed by atoms with E-state index in [0.29, 0.717) is 38.5 Å². The Hall–Kier alpha value is -4.70. The first kappa shape index (κ1) is 29.8. The van der Waals surface area contributed by atoms with Gasteiger partial charge in [-0.2, -0.15) is 0 Å². The average molecular weight is 600 g/mol. The zero-order chi connectivity index (χ0) is 30.8. The number of methoxy groups -OCH3 is 1. The molecule has 0 N–H and O–H groups in total. The molecule has 1 aliphatic rings. The average Bonchev–Trinajstić information content (AvgIpc) is 3.45. The highest BCUT2D eigenvalue weighted by atomic mass is 32.1. The van der Waals surface area contributed by atoms with Gasteiger partial charge in [0.25, 0.3) is 5.56 Å². The van der Waals surface area contributed by atoms with Gasteiger partial charge in [0.1, 0.15) is 5.75 Å². The highest BCUT2D eigenvalue weighted by Crippen LogP contribution is 2.32. The number of carbonyl (C=O) groups excluding carboxylic acids is 2. The van der Waals surface area contributed by atoms with Crippen LogP contribution in [0.2, 0.25) is 0 Å². The molecule has 222 valence electrons. The molecule has 2 aromatic carbocycles. The lowest BCUT2D eigenvalue weighted by molar-refractivity contribution is -0.139. The van der Waals surface area contributed by atoms with Gasteiger partial charge >= 0.3 is 11.9 Å². The Morgan fingerprint density at radius 3 is 2.42 bits per heavy atom. The first-order valence-corrected chi connectivity index (χ1v) is 14.8. The Labute approximate surface area is 253 Å². The molecule has 5 rings (SSSR count). The van der Waals surface area contributed by atoms with Crippen molar-refractivity contribution in [2.75, 3.05) is 20.3 Å². The molecule has 0 fully saturated rings. The van der Waals surface area contributed by atoms with E-state index in [0.717, 1.165) is 28.2 Å². The number of aryl methyl sites for hydroxylation is 1. The molecule has 2 aromatic heterocycles. The van der Waals surface area contributed by atoms with Gasteiger partial charge < -0.3 is 18.8 Å². The van der Waals surface area contributed by atoms with E-state index in [4.69, 9.17) is 14.2 Å². The molecule has 1 unspecified atom stereocenters. The third-order valence-electron chi connectivity index (χ3n) is 7.31. The van der Waals surface area contributed by atoms with E-state index >= 15 is 0 Å². The van der Waals surface area contributed by atoms with E-state index in [1.165, 1.54) is 18.4 Å². The minimum absolute atomic E-state index is 0.203. The molecule has 1 aliphatic heterocycles. The molecule has 0 bridgehead atoms. The van der Waals surface area contributed by atoms with Gasteiger partial charge in [-0.3, -0.25) is 9.36 Å². The van der Waals surface area contributed by atoms with Crippen LogP contribution >= 0.6 is 11.3 Å². The predicted molar refractivity (Wildman–Crippen MR) is 165 cm³/mol. The number of rotatable bonds is 8. The summed E-state index contributed by atoms with van der Waals surface area (Å²) in [6, 6.07) is 15.9. The molecule has 0 spiro atoms. The largest absolute Gasteiger partial charge is 0.494 e. The molecule has 43 heavy (non-hydrogen) atoms. The Bertz CT molecular complexity index is 1930. The fraction of sp³-hybridized carbons (Fsp3) is 0.273. The molecule has 0 amide bonds. The van der Waals surface area contributed by atoms with Crippen molar-refractivity contribution in [3.63, 3.8) is 0 Å². The molecule has 3 heterocycles. The van der Waals surface area contributed by atoms with Crippen LogP contribution in [0.15, 0.2) is 75.7 Å². The van der Waals surface area contributed by atoms with Crippen molar-refractivity contribution >= 4 is 29.4 Å². The number of fused-ring (bicyclic) bond motifs is 1. The second-order valence-corrected chi connectivity index (χ2v) is 11.0. The van der Waals surface area contributed by atoms with Crippen LogP contribution in [-0.4, -0.2) is 41.4 Å². The van der Waals surface area contributed by atoms with Gasteiger partial charge in [-0.15, -0.1) is 0 Å². The van der Waals surface area contributed by atoms with Gasteiger partial charge in [-0.25, -0.2) is 14.6 Å². The molecule has 4 aromatic rings. The van der Waals surface area contributed by atoms with Crippen molar-refractivity contribution in [2.24, 2.45) is 4.99 Å².